The first-order valence-corrected chi connectivity index (χ1v) is 5.20. The van der Waals surface area contributed by atoms with Crippen LogP contribution < -0.4 is 10.6 Å². The topological polar surface area (TPSA) is 53.6 Å². The summed E-state index contributed by atoms with van der Waals surface area (Å²) >= 11 is 0. The summed E-state index contributed by atoms with van der Waals surface area (Å²) in [6.07, 6.45) is -0.262. The third kappa shape index (κ3) is 2.23. The average molecular weight is 199 g/mol. The lowest BCUT2D eigenvalue weighted by molar-refractivity contribution is -0.145. The van der Waals surface area contributed by atoms with Crippen molar-refractivity contribution in [2.45, 2.75) is 6.10 Å². The van der Waals surface area contributed by atoms with Gasteiger partial charge in [-0.05, 0) is 0 Å². The lowest BCUT2D eigenvalue weighted by Gasteiger charge is -2.32. The molecule has 2 rings (SSSR count). The maximum Gasteiger partial charge on any atom is 0.253 e. The van der Waals surface area contributed by atoms with Gasteiger partial charge in [-0.15, -0.1) is 0 Å². The Labute approximate surface area is 83.8 Å². The fourth-order valence-electron chi connectivity index (χ4n) is 1.81. The molecule has 5 nitrogen and oxygen atoms in total. The van der Waals surface area contributed by atoms with Crippen molar-refractivity contribution in [3.8, 4) is 0 Å². The van der Waals surface area contributed by atoms with Crippen LogP contribution in [-0.4, -0.2) is 62.8 Å². The van der Waals surface area contributed by atoms with Crippen LogP contribution in [0, 0.1) is 0 Å². The van der Waals surface area contributed by atoms with E-state index in [2.05, 4.69) is 10.6 Å². The van der Waals surface area contributed by atoms with Gasteiger partial charge in [-0.25, -0.2) is 0 Å². The van der Waals surface area contributed by atoms with Crippen LogP contribution in [0.5, 0.6) is 0 Å². The number of carbonyl (C=O) groups excluding carboxylic acids is 1. The van der Waals surface area contributed by atoms with Gasteiger partial charge in [-0.2, -0.15) is 0 Å². The Morgan fingerprint density at radius 3 is 2.64 bits per heavy atom. The van der Waals surface area contributed by atoms with E-state index < -0.39 is 0 Å². The minimum absolute atomic E-state index is 0.138. The average Bonchev–Trinajstić information content (AvgIpc) is 2.30. The molecule has 2 fully saturated rings. The predicted octanol–water partition coefficient (Wildman–Crippen LogP) is -1.59. The molecule has 2 N–H and O–H groups in total. The molecular weight excluding hydrogens is 182 g/mol. The molecule has 0 aromatic carbocycles. The number of piperazine rings is 1. The van der Waals surface area contributed by atoms with E-state index in [0.29, 0.717) is 13.2 Å². The van der Waals surface area contributed by atoms with Crippen molar-refractivity contribution in [1.82, 2.24) is 15.5 Å². The van der Waals surface area contributed by atoms with Crippen LogP contribution in [0.4, 0.5) is 0 Å². The van der Waals surface area contributed by atoms with Crippen molar-refractivity contribution in [1.29, 1.82) is 0 Å². The van der Waals surface area contributed by atoms with Crippen LogP contribution in [0.25, 0.3) is 0 Å². The highest BCUT2D eigenvalue weighted by molar-refractivity contribution is 5.81. The van der Waals surface area contributed by atoms with Gasteiger partial charge < -0.3 is 20.3 Å². The summed E-state index contributed by atoms with van der Waals surface area (Å²) in [4.78, 5) is 13.8. The van der Waals surface area contributed by atoms with Crippen molar-refractivity contribution in [2.75, 3.05) is 45.9 Å². The fraction of sp³-hybridized carbons (Fsp3) is 0.889. The molecule has 1 atom stereocenters. The Hall–Kier alpha value is -0.650. The third-order valence-corrected chi connectivity index (χ3v) is 2.63. The van der Waals surface area contributed by atoms with E-state index >= 15 is 0 Å². The Bertz CT molecular complexity index is 178. The van der Waals surface area contributed by atoms with E-state index in [1.54, 1.807) is 0 Å². The maximum atomic E-state index is 11.9. The van der Waals surface area contributed by atoms with E-state index in [1.165, 1.54) is 0 Å². The SMILES string of the molecule is O=C(C1CNCCO1)N1CCNCC1. The van der Waals surface area contributed by atoms with Crippen molar-refractivity contribution >= 4 is 5.91 Å². The van der Waals surface area contributed by atoms with Crippen molar-refractivity contribution < 1.29 is 9.53 Å². The summed E-state index contributed by atoms with van der Waals surface area (Å²) in [6.45, 7) is 5.55. The Morgan fingerprint density at radius 1 is 1.21 bits per heavy atom. The van der Waals surface area contributed by atoms with Gasteiger partial charge in [0, 0.05) is 39.3 Å². The number of amides is 1. The summed E-state index contributed by atoms with van der Waals surface area (Å²) in [5.74, 6) is 0.138. The van der Waals surface area contributed by atoms with Gasteiger partial charge in [-0.3, -0.25) is 4.79 Å². The second-order valence-electron chi connectivity index (χ2n) is 3.64. The number of nitrogens with one attached hydrogen (secondary N) is 2. The highest BCUT2D eigenvalue weighted by Gasteiger charge is 2.27. The molecule has 0 aliphatic carbocycles. The molecule has 1 amide bonds. The molecule has 1 unspecified atom stereocenters. The predicted molar refractivity (Wildman–Crippen MR) is 52.1 cm³/mol. The number of morpholine rings is 1. The molecule has 0 aromatic heterocycles. The zero-order chi connectivity index (χ0) is 9.80. The third-order valence-electron chi connectivity index (χ3n) is 2.63. The number of hydrogen-bond donors (Lipinski definition) is 2. The molecule has 14 heavy (non-hydrogen) atoms. The van der Waals surface area contributed by atoms with Crippen LogP contribution in [0.2, 0.25) is 0 Å². The van der Waals surface area contributed by atoms with E-state index in [9.17, 15) is 4.79 Å². The highest BCUT2D eigenvalue weighted by Crippen LogP contribution is 2.03. The molecular formula is C9H17N3O2. The molecule has 0 saturated carbocycles. The quantitative estimate of drug-likeness (QED) is 0.534. The van der Waals surface area contributed by atoms with Crippen LogP contribution in [0.3, 0.4) is 0 Å². The molecule has 80 valence electrons. The number of hydrogen-bond acceptors (Lipinski definition) is 4. The van der Waals surface area contributed by atoms with Gasteiger partial charge in [0.1, 0.15) is 6.10 Å². The second kappa shape index (κ2) is 4.72. The van der Waals surface area contributed by atoms with Crippen LogP contribution in [0.1, 0.15) is 0 Å². The van der Waals surface area contributed by atoms with Gasteiger partial charge in [0.25, 0.3) is 5.91 Å². The molecule has 2 aliphatic rings. The zero-order valence-corrected chi connectivity index (χ0v) is 8.29. The molecule has 2 saturated heterocycles. The lowest BCUT2D eigenvalue weighted by atomic mass is 10.2. The van der Waals surface area contributed by atoms with E-state index in [0.717, 1.165) is 32.7 Å². The van der Waals surface area contributed by atoms with Gasteiger partial charge in [0.05, 0.1) is 6.61 Å². The van der Waals surface area contributed by atoms with Crippen LogP contribution in [0.15, 0.2) is 0 Å². The number of rotatable bonds is 1. The summed E-state index contributed by atoms with van der Waals surface area (Å²) in [5.41, 5.74) is 0. The molecule has 2 heterocycles. The Kier molecular flexibility index (Phi) is 3.34. The normalized spacial score (nSPS) is 28.9. The molecule has 0 radical (unpaired) electrons. The summed E-state index contributed by atoms with van der Waals surface area (Å²) in [7, 11) is 0. The molecule has 0 spiro atoms. The first-order chi connectivity index (χ1) is 6.88. The van der Waals surface area contributed by atoms with Crippen LogP contribution in [-0.2, 0) is 9.53 Å². The standard InChI is InChI=1S/C9H17N3O2/c13-9(8-7-11-3-6-14-8)12-4-1-10-2-5-12/h8,10-11H,1-7H2. The van der Waals surface area contributed by atoms with E-state index in [-0.39, 0.29) is 12.0 Å². The molecule has 0 bridgehead atoms. The van der Waals surface area contributed by atoms with Crippen molar-refractivity contribution in [3.63, 3.8) is 0 Å². The highest BCUT2D eigenvalue weighted by atomic mass is 16.5. The zero-order valence-electron chi connectivity index (χ0n) is 8.29. The Morgan fingerprint density at radius 2 is 2.00 bits per heavy atom. The second-order valence-corrected chi connectivity index (χ2v) is 3.64. The minimum Gasteiger partial charge on any atom is -0.366 e. The van der Waals surface area contributed by atoms with Gasteiger partial charge in [0.2, 0.25) is 0 Å². The van der Waals surface area contributed by atoms with Crippen LogP contribution >= 0.6 is 0 Å². The molecule has 2 aliphatic heterocycles. The van der Waals surface area contributed by atoms with Gasteiger partial charge >= 0.3 is 0 Å². The number of nitrogens with zero attached hydrogens (tertiary/aromatic N) is 1. The number of carbonyl (C=O) groups is 1. The summed E-state index contributed by atoms with van der Waals surface area (Å²) in [5, 5.41) is 6.39. The largest absolute Gasteiger partial charge is 0.366 e. The first-order valence-electron chi connectivity index (χ1n) is 5.20. The first kappa shape index (κ1) is 9.89. The monoisotopic (exact) mass is 199 g/mol. The molecule has 0 aromatic rings. The van der Waals surface area contributed by atoms with Crippen molar-refractivity contribution in [3.05, 3.63) is 0 Å². The fourth-order valence-corrected chi connectivity index (χ4v) is 1.81. The summed E-state index contributed by atoms with van der Waals surface area (Å²) < 4.78 is 5.42. The van der Waals surface area contributed by atoms with Gasteiger partial charge in [-0.1, -0.05) is 0 Å². The smallest absolute Gasteiger partial charge is 0.253 e. The summed E-state index contributed by atoms with van der Waals surface area (Å²) in [6, 6.07) is 0. The maximum absolute atomic E-state index is 11.9. The number of ether oxygens (including phenoxy) is 1. The Balaban J connectivity index is 1.85. The van der Waals surface area contributed by atoms with Crippen molar-refractivity contribution in [2.24, 2.45) is 0 Å². The lowest BCUT2D eigenvalue weighted by Crippen LogP contribution is -2.54. The van der Waals surface area contributed by atoms with E-state index in [1.807, 2.05) is 4.90 Å². The van der Waals surface area contributed by atoms with E-state index in [4.69, 9.17) is 4.74 Å². The molecule has 5 heteroatoms. The minimum atomic E-state index is -0.262. The van der Waals surface area contributed by atoms with Gasteiger partial charge in [0.15, 0.2) is 0 Å².